The molecule has 1 N–H and O–H groups in total. The molecule has 0 saturated heterocycles. The van der Waals surface area contributed by atoms with Gasteiger partial charge in [-0.15, -0.1) is 0 Å². The summed E-state index contributed by atoms with van der Waals surface area (Å²) in [5, 5.41) is 13.2. The zero-order chi connectivity index (χ0) is 19.0. The van der Waals surface area contributed by atoms with Crippen molar-refractivity contribution in [2.75, 3.05) is 7.05 Å². The number of aryl methyl sites for hydroxylation is 1. The maximum atomic E-state index is 12.0. The van der Waals surface area contributed by atoms with Crippen LogP contribution in [0.4, 0.5) is 0 Å². The lowest BCUT2D eigenvalue weighted by Crippen LogP contribution is -2.18. The minimum Gasteiger partial charge on any atom is -0.508 e. The van der Waals surface area contributed by atoms with Crippen molar-refractivity contribution in [2.24, 2.45) is 0 Å². The molecule has 0 aliphatic rings. The van der Waals surface area contributed by atoms with Crippen molar-refractivity contribution in [3.8, 4) is 5.75 Å². The Balaban J connectivity index is 1.63. The van der Waals surface area contributed by atoms with E-state index in [2.05, 4.69) is 35.2 Å². The first kappa shape index (κ1) is 17.3. The molecule has 4 nitrogen and oxygen atoms in total. The van der Waals surface area contributed by atoms with Gasteiger partial charge in [0.15, 0.2) is 0 Å². The minimum atomic E-state index is -0.398. The van der Waals surface area contributed by atoms with Crippen LogP contribution in [-0.2, 0) is 13.1 Å². The van der Waals surface area contributed by atoms with E-state index in [9.17, 15) is 9.90 Å². The molecule has 4 aromatic rings. The van der Waals surface area contributed by atoms with E-state index >= 15 is 0 Å². The van der Waals surface area contributed by atoms with E-state index in [0.717, 1.165) is 17.5 Å². The third kappa shape index (κ3) is 3.44. The SMILES string of the molecule is Cc1c(O)ccc2c(CN(C)Cc3ccc4ccccc4c3)cc(=O)oc12. The zero-order valence-corrected chi connectivity index (χ0v) is 15.4. The van der Waals surface area contributed by atoms with Gasteiger partial charge in [-0.3, -0.25) is 4.90 Å². The second-order valence-corrected chi connectivity index (χ2v) is 7.03. The Hall–Kier alpha value is -3.11. The van der Waals surface area contributed by atoms with Crippen LogP contribution in [0.15, 0.2) is 69.9 Å². The topological polar surface area (TPSA) is 53.7 Å². The van der Waals surface area contributed by atoms with Crippen LogP contribution in [0.1, 0.15) is 16.7 Å². The van der Waals surface area contributed by atoms with Gasteiger partial charge in [0.1, 0.15) is 11.3 Å². The van der Waals surface area contributed by atoms with Gasteiger partial charge in [0, 0.05) is 30.1 Å². The summed E-state index contributed by atoms with van der Waals surface area (Å²) in [6.45, 7) is 3.13. The molecule has 0 fully saturated rings. The number of fused-ring (bicyclic) bond motifs is 2. The van der Waals surface area contributed by atoms with Crippen LogP contribution >= 0.6 is 0 Å². The maximum absolute atomic E-state index is 12.0. The predicted molar refractivity (Wildman–Crippen MR) is 108 cm³/mol. The summed E-state index contributed by atoms with van der Waals surface area (Å²) >= 11 is 0. The third-order valence-electron chi connectivity index (χ3n) is 4.92. The van der Waals surface area contributed by atoms with E-state index in [4.69, 9.17) is 4.42 Å². The molecule has 0 saturated carbocycles. The van der Waals surface area contributed by atoms with Crippen LogP contribution in [-0.4, -0.2) is 17.1 Å². The van der Waals surface area contributed by atoms with Gasteiger partial charge in [-0.05, 0) is 54.1 Å². The molecule has 1 heterocycles. The second-order valence-electron chi connectivity index (χ2n) is 7.03. The molecular weight excluding hydrogens is 338 g/mol. The number of phenols is 1. The van der Waals surface area contributed by atoms with Crippen molar-refractivity contribution in [2.45, 2.75) is 20.0 Å². The van der Waals surface area contributed by atoms with Gasteiger partial charge in [-0.25, -0.2) is 4.79 Å². The van der Waals surface area contributed by atoms with E-state index < -0.39 is 5.63 Å². The van der Waals surface area contributed by atoms with Crippen LogP contribution in [0.3, 0.4) is 0 Å². The van der Waals surface area contributed by atoms with Gasteiger partial charge >= 0.3 is 5.63 Å². The lowest BCUT2D eigenvalue weighted by Gasteiger charge is -2.18. The van der Waals surface area contributed by atoms with E-state index in [1.54, 1.807) is 19.1 Å². The zero-order valence-electron chi connectivity index (χ0n) is 15.4. The molecule has 4 rings (SSSR count). The van der Waals surface area contributed by atoms with Gasteiger partial charge in [-0.1, -0.05) is 36.4 Å². The highest BCUT2D eigenvalue weighted by atomic mass is 16.4. The Morgan fingerprint density at radius 1 is 0.963 bits per heavy atom. The molecule has 136 valence electrons. The Morgan fingerprint density at radius 3 is 2.56 bits per heavy atom. The van der Waals surface area contributed by atoms with Gasteiger partial charge in [0.25, 0.3) is 0 Å². The van der Waals surface area contributed by atoms with Gasteiger partial charge in [0.05, 0.1) is 0 Å². The van der Waals surface area contributed by atoms with Crippen LogP contribution in [0.25, 0.3) is 21.7 Å². The van der Waals surface area contributed by atoms with Crippen molar-refractivity contribution >= 4 is 21.7 Å². The summed E-state index contributed by atoms with van der Waals surface area (Å²) in [6.07, 6.45) is 0. The maximum Gasteiger partial charge on any atom is 0.336 e. The third-order valence-corrected chi connectivity index (χ3v) is 4.92. The smallest absolute Gasteiger partial charge is 0.336 e. The molecule has 0 atom stereocenters. The molecule has 0 aliphatic carbocycles. The summed E-state index contributed by atoms with van der Waals surface area (Å²) < 4.78 is 5.33. The van der Waals surface area contributed by atoms with E-state index in [0.29, 0.717) is 17.7 Å². The molecule has 0 aliphatic heterocycles. The van der Waals surface area contributed by atoms with Crippen LogP contribution < -0.4 is 5.63 Å². The molecular formula is C23H21NO3. The molecule has 0 amide bonds. The molecule has 0 radical (unpaired) electrons. The molecule has 4 heteroatoms. The first-order valence-electron chi connectivity index (χ1n) is 8.93. The molecule has 0 unspecified atom stereocenters. The fourth-order valence-corrected chi connectivity index (χ4v) is 3.54. The summed E-state index contributed by atoms with van der Waals surface area (Å²) in [6, 6.07) is 19.8. The van der Waals surface area contributed by atoms with Crippen molar-refractivity contribution in [3.05, 3.63) is 87.8 Å². The Bertz CT molecular complexity index is 1190. The Morgan fingerprint density at radius 2 is 1.74 bits per heavy atom. The minimum absolute atomic E-state index is 0.132. The monoisotopic (exact) mass is 359 g/mol. The first-order valence-corrected chi connectivity index (χ1v) is 8.93. The quantitative estimate of drug-likeness (QED) is 0.542. The molecule has 1 aromatic heterocycles. The second kappa shape index (κ2) is 6.89. The lowest BCUT2D eigenvalue weighted by molar-refractivity contribution is 0.319. The Labute approximate surface area is 157 Å². The lowest BCUT2D eigenvalue weighted by atomic mass is 10.0. The van der Waals surface area contributed by atoms with Crippen LogP contribution in [0, 0.1) is 6.92 Å². The number of rotatable bonds is 4. The molecule has 3 aromatic carbocycles. The largest absolute Gasteiger partial charge is 0.508 e. The molecule has 27 heavy (non-hydrogen) atoms. The number of benzene rings is 3. The number of aromatic hydroxyl groups is 1. The molecule has 0 spiro atoms. The van der Waals surface area contributed by atoms with Crippen molar-refractivity contribution in [1.82, 2.24) is 4.90 Å². The Kier molecular flexibility index (Phi) is 4.42. The van der Waals surface area contributed by atoms with Crippen molar-refractivity contribution in [1.29, 1.82) is 0 Å². The van der Waals surface area contributed by atoms with Gasteiger partial charge in [0.2, 0.25) is 0 Å². The fraction of sp³-hybridized carbons (Fsp3) is 0.174. The molecule has 0 bridgehead atoms. The number of hydrogen-bond donors (Lipinski definition) is 1. The van der Waals surface area contributed by atoms with Crippen molar-refractivity contribution in [3.63, 3.8) is 0 Å². The number of nitrogens with zero attached hydrogens (tertiary/aromatic N) is 1. The highest BCUT2D eigenvalue weighted by Gasteiger charge is 2.12. The summed E-state index contributed by atoms with van der Waals surface area (Å²) in [4.78, 5) is 14.2. The number of phenolic OH excluding ortho intramolecular Hbond substituents is 1. The van der Waals surface area contributed by atoms with Crippen LogP contribution in [0.5, 0.6) is 5.75 Å². The van der Waals surface area contributed by atoms with Crippen LogP contribution in [0.2, 0.25) is 0 Å². The normalized spacial score (nSPS) is 11.5. The van der Waals surface area contributed by atoms with Gasteiger partial charge in [-0.2, -0.15) is 0 Å². The first-order chi connectivity index (χ1) is 13.0. The summed E-state index contributed by atoms with van der Waals surface area (Å²) in [5.74, 6) is 0.132. The average molecular weight is 359 g/mol. The number of hydrogen-bond acceptors (Lipinski definition) is 4. The van der Waals surface area contributed by atoms with E-state index in [-0.39, 0.29) is 5.75 Å². The van der Waals surface area contributed by atoms with E-state index in [1.165, 1.54) is 22.4 Å². The summed E-state index contributed by atoms with van der Waals surface area (Å²) in [5.41, 5.74) is 2.76. The average Bonchev–Trinajstić information content (AvgIpc) is 2.65. The standard InChI is InChI=1S/C23H21NO3/c1-15-21(25)10-9-20-19(12-22(26)27-23(15)20)14-24(2)13-16-7-8-17-5-3-4-6-18(17)11-16/h3-12,25H,13-14H2,1-2H3. The highest BCUT2D eigenvalue weighted by Crippen LogP contribution is 2.28. The summed E-state index contributed by atoms with van der Waals surface area (Å²) in [7, 11) is 2.03. The fourth-order valence-electron chi connectivity index (χ4n) is 3.54. The van der Waals surface area contributed by atoms with E-state index in [1.807, 2.05) is 19.2 Å². The van der Waals surface area contributed by atoms with Gasteiger partial charge < -0.3 is 9.52 Å². The van der Waals surface area contributed by atoms with Crippen molar-refractivity contribution < 1.29 is 9.52 Å². The predicted octanol–water partition coefficient (Wildman–Crippen LogP) is 4.59. The highest BCUT2D eigenvalue weighted by molar-refractivity contribution is 5.85.